The van der Waals surface area contributed by atoms with Crippen LogP contribution in [-0.4, -0.2) is 16.5 Å². The topological polar surface area (TPSA) is 61.6 Å². The summed E-state index contributed by atoms with van der Waals surface area (Å²) in [5.41, 5.74) is 1.27. The van der Waals surface area contributed by atoms with Crippen molar-refractivity contribution in [2.24, 2.45) is 11.8 Å². The summed E-state index contributed by atoms with van der Waals surface area (Å²) in [4.78, 5) is 8.47. The van der Waals surface area contributed by atoms with E-state index in [-0.39, 0.29) is 0 Å². The molecule has 0 unspecified atom stereocenters. The molecule has 0 saturated heterocycles. The molecule has 102 valence electrons. The first-order chi connectivity index (χ1) is 9.17. The van der Waals surface area contributed by atoms with Crippen molar-refractivity contribution in [3.8, 4) is 6.07 Å². The second-order valence-electron chi connectivity index (χ2n) is 5.67. The maximum Gasteiger partial charge on any atom is 0.224 e. The SMILES string of the molecule is Cc1cc(C#N)nc(NCCC2CCC(C)CC2)n1. The summed E-state index contributed by atoms with van der Waals surface area (Å²) in [7, 11) is 0. The number of rotatable bonds is 4. The Kier molecular flexibility index (Phi) is 4.73. The number of nitrogens with one attached hydrogen (secondary N) is 1. The molecule has 0 aliphatic heterocycles. The van der Waals surface area contributed by atoms with Gasteiger partial charge in [0.1, 0.15) is 11.8 Å². The van der Waals surface area contributed by atoms with E-state index in [0.717, 1.165) is 24.1 Å². The Hall–Kier alpha value is -1.63. The van der Waals surface area contributed by atoms with Crippen molar-refractivity contribution in [1.82, 2.24) is 9.97 Å². The third-order valence-corrected chi connectivity index (χ3v) is 3.94. The average molecular weight is 258 g/mol. The molecule has 0 aromatic carbocycles. The number of hydrogen-bond acceptors (Lipinski definition) is 4. The van der Waals surface area contributed by atoms with Crippen molar-refractivity contribution in [3.63, 3.8) is 0 Å². The third kappa shape index (κ3) is 4.20. The van der Waals surface area contributed by atoms with Gasteiger partial charge in [0.2, 0.25) is 5.95 Å². The molecule has 0 atom stereocenters. The van der Waals surface area contributed by atoms with Crippen LogP contribution in [0.5, 0.6) is 0 Å². The van der Waals surface area contributed by atoms with Crippen LogP contribution in [0.3, 0.4) is 0 Å². The van der Waals surface area contributed by atoms with Gasteiger partial charge in [-0.15, -0.1) is 0 Å². The lowest BCUT2D eigenvalue weighted by molar-refractivity contribution is 0.282. The van der Waals surface area contributed by atoms with Crippen molar-refractivity contribution < 1.29 is 0 Å². The van der Waals surface area contributed by atoms with Crippen LogP contribution in [0.2, 0.25) is 0 Å². The van der Waals surface area contributed by atoms with E-state index in [9.17, 15) is 0 Å². The monoisotopic (exact) mass is 258 g/mol. The van der Waals surface area contributed by atoms with Gasteiger partial charge in [-0.25, -0.2) is 9.97 Å². The highest BCUT2D eigenvalue weighted by atomic mass is 15.1. The smallest absolute Gasteiger partial charge is 0.224 e. The second kappa shape index (κ2) is 6.51. The predicted octanol–water partition coefficient (Wildman–Crippen LogP) is 3.29. The van der Waals surface area contributed by atoms with Gasteiger partial charge in [-0.1, -0.05) is 32.6 Å². The summed E-state index contributed by atoms with van der Waals surface area (Å²) in [6.07, 6.45) is 6.60. The average Bonchev–Trinajstić information content (AvgIpc) is 2.40. The van der Waals surface area contributed by atoms with E-state index in [1.165, 1.54) is 32.1 Å². The largest absolute Gasteiger partial charge is 0.354 e. The van der Waals surface area contributed by atoms with Gasteiger partial charge >= 0.3 is 0 Å². The van der Waals surface area contributed by atoms with Gasteiger partial charge in [0, 0.05) is 12.2 Å². The minimum absolute atomic E-state index is 0.432. The van der Waals surface area contributed by atoms with Gasteiger partial charge in [0.05, 0.1) is 0 Å². The van der Waals surface area contributed by atoms with Crippen LogP contribution < -0.4 is 5.32 Å². The maximum absolute atomic E-state index is 8.87. The van der Waals surface area contributed by atoms with E-state index in [1.807, 2.05) is 6.92 Å². The molecule has 4 heteroatoms. The summed E-state index contributed by atoms with van der Waals surface area (Å²) in [6, 6.07) is 3.76. The molecule has 4 nitrogen and oxygen atoms in total. The molecule has 19 heavy (non-hydrogen) atoms. The molecule has 0 radical (unpaired) electrons. The number of anilines is 1. The Labute approximate surface area is 115 Å². The Morgan fingerprint density at radius 3 is 2.74 bits per heavy atom. The first-order valence-electron chi connectivity index (χ1n) is 7.17. The zero-order chi connectivity index (χ0) is 13.7. The van der Waals surface area contributed by atoms with Crippen molar-refractivity contribution in [1.29, 1.82) is 5.26 Å². The fourth-order valence-corrected chi connectivity index (χ4v) is 2.71. The zero-order valence-corrected chi connectivity index (χ0v) is 11.8. The highest BCUT2D eigenvalue weighted by molar-refractivity contribution is 5.32. The summed E-state index contributed by atoms with van der Waals surface area (Å²) < 4.78 is 0. The normalized spacial score (nSPS) is 22.8. The Bertz CT molecular complexity index is 456. The quantitative estimate of drug-likeness (QED) is 0.900. The zero-order valence-electron chi connectivity index (χ0n) is 11.8. The molecule has 1 aliphatic rings. The van der Waals surface area contributed by atoms with Crippen LogP contribution in [-0.2, 0) is 0 Å². The first-order valence-corrected chi connectivity index (χ1v) is 7.17. The minimum Gasteiger partial charge on any atom is -0.354 e. The number of nitriles is 1. The van der Waals surface area contributed by atoms with E-state index >= 15 is 0 Å². The van der Waals surface area contributed by atoms with Crippen LogP contribution >= 0.6 is 0 Å². The van der Waals surface area contributed by atoms with E-state index < -0.39 is 0 Å². The Morgan fingerprint density at radius 2 is 2.05 bits per heavy atom. The number of hydrogen-bond donors (Lipinski definition) is 1. The summed E-state index contributed by atoms with van der Waals surface area (Å²) in [5, 5.41) is 12.1. The lowest BCUT2D eigenvalue weighted by Gasteiger charge is -2.26. The fourth-order valence-electron chi connectivity index (χ4n) is 2.71. The van der Waals surface area contributed by atoms with Gasteiger partial charge in [-0.05, 0) is 31.2 Å². The molecule has 0 spiro atoms. The Morgan fingerprint density at radius 1 is 1.32 bits per heavy atom. The minimum atomic E-state index is 0.432. The Balaban J connectivity index is 1.79. The van der Waals surface area contributed by atoms with Crippen LogP contribution in [0.4, 0.5) is 5.95 Å². The summed E-state index contributed by atoms with van der Waals surface area (Å²) in [5.74, 6) is 2.33. The first kappa shape index (κ1) is 13.8. The second-order valence-corrected chi connectivity index (χ2v) is 5.67. The van der Waals surface area contributed by atoms with Gasteiger partial charge < -0.3 is 5.32 Å². The van der Waals surface area contributed by atoms with Gasteiger partial charge in [-0.2, -0.15) is 5.26 Å². The standard InChI is InChI=1S/C15H22N4/c1-11-3-5-13(6-4-11)7-8-17-15-18-12(2)9-14(10-16)19-15/h9,11,13H,3-8H2,1-2H3,(H,17,18,19). The van der Waals surface area contributed by atoms with Crippen LogP contribution in [0, 0.1) is 30.1 Å². The molecule has 1 aromatic rings. The molecule has 0 bridgehead atoms. The molecule has 2 rings (SSSR count). The summed E-state index contributed by atoms with van der Waals surface area (Å²) >= 11 is 0. The van der Waals surface area contributed by atoms with Crippen molar-refractivity contribution in [3.05, 3.63) is 17.5 Å². The molecule has 1 heterocycles. The molecule has 1 aromatic heterocycles. The maximum atomic E-state index is 8.87. The highest BCUT2D eigenvalue weighted by Crippen LogP contribution is 2.30. The molecular weight excluding hydrogens is 236 g/mol. The van der Waals surface area contributed by atoms with E-state index in [4.69, 9.17) is 5.26 Å². The van der Waals surface area contributed by atoms with Crippen molar-refractivity contribution in [2.75, 3.05) is 11.9 Å². The molecule has 1 N–H and O–H groups in total. The van der Waals surface area contributed by atoms with Gasteiger partial charge in [-0.3, -0.25) is 0 Å². The van der Waals surface area contributed by atoms with Gasteiger partial charge in [0.25, 0.3) is 0 Å². The van der Waals surface area contributed by atoms with E-state index in [2.05, 4.69) is 28.3 Å². The fraction of sp³-hybridized carbons (Fsp3) is 0.667. The number of nitrogens with zero attached hydrogens (tertiary/aromatic N) is 3. The van der Waals surface area contributed by atoms with Crippen LogP contribution in [0.15, 0.2) is 6.07 Å². The molecule has 1 aliphatic carbocycles. The van der Waals surface area contributed by atoms with Crippen molar-refractivity contribution in [2.45, 2.75) is 46.0 Å². The predicted molar refractivity (Wildman–Crippen MR) is 75.7 cm³/mol. The third-order valence-electron chi connectivity index (χ3n) is 3.94. The lowest BCUT2D eigenvalue weighted by atomic mass is 9.81. The van der Waals surface area contributed by atoms with E-state index in [0.29, 0.717) is 11.6 Å². The number of aryl methyl sites for hydroxylation is 1. The summed E-state index contributed by atoms with van der Waals surface area (Å²) in [6.45, 7) is 5.13. The van der Waals surface area contributed by atoms with Crippen LogP contribution in [0.1, 0.15) is 50.4 Å². The van der Waals surface area contributed by atoms with E-state index in [1.54, 1.807) is 6.07 Å². The highest BCUT2D eigenvalue weighted by Gasteiger charge is 2.17. The van der Waals surface area contributed by atoms with Gasteiger partial charge in [0.15, 0.2) is 0 Å². The number of aromatic nitrogens is 2. The molecular formula is C15H22N4. The molecule has 1 saturated carbocycles. The van der Waals surface area contributed by atoms with Crippen LogP contribution in [0.25, 0.3) is 0 Å². The van der Waals surface area contributed by atoms with Crippen molar-refractivity contribution >= 4 is 5.95 Å². The molecule has 1 fully saturated rings. The lowest BCUT2D eigenvalue weighted by Crippen LogP contribution is -2.16. The molecule has 0 amide bonds.